The summed E-state index contributed by atoms with van der Waals surface area (Å²) in [5, 5.41) is 11.6. The van der Waals surface area contributed by atoms with E-state index in [0.717, 1.165) is 22.6 Å². The van der Waals surface area contributed by atoms with Gasteiger partial charge in [0, 0.05) is 20.0 Å². The average Bonchev–Trinajstić information content (AvgIpc) is 3.02. The van der Waals surface area contributed by atoms with Gasteiger partial charge in [0.2, 0.25) is 5.91 Å². The Balaban J connectivity index is 1.94. The molecule has 22 heavy (non-hydrogen) atoms. The summed E-state index contributed by atoms with van der Waals surface area (Å²) in [5.41, 5.74) is -0.777. The van der Waals surface area contributed by atoms with Crippen molar-refractivity contribution in [1.29, 1.82) is 0 Å². The summed E-state index contributed by atoms with van der Waals surface area (Å²) in [4.78, 5) is 49.3. The van der Waals surface area contributed by atoms with Gasteiger partial charge in [-0.2, -0.15) is 0 Å². The van der Waals surface area contributed by atoms with E-state index in [1.54, 1.807) is 0 Å². The maximum Gasteiger partial charge on any atom is 0.326 e. The van der Waals surface area contributed by atoms with Gasteiger partial charge in [-0.25, -0.2) is 9.59 Å². The Morgan fingerprint density at radius 3 is 2.50 bits per heavy atom. The van der Waals surface area contributed by atoms with Gasteiger partial charge in [-0.15, -0.1) is 0 Å². The highest BCUT2D eigenvalue weighted by molar-refractivity contribution is 6.07. The Hall–Kier alpha value is -2.12. The topological polar surface area (TPSA) is 107 Å². The van der Waals surface area contributed by atoms with Crippen molar-refractivity contribution < 1.29 is 24.3 Å². The highest BCUT2D eigenvalue weighted by Crippen LogP contribution is 2.35. The number of carbonyl (C=O) groups excluding carboxylic acids is 3. The molecule has 2 aliphatic rings. The molecule has 0 aromatic carbocycles. The zero-order valence-corrected chi connectivity index (χ0v) is 12.8. The van der Waals surface area contributed by atoms with Crippen molar-refractivity contribution in [3.05, 3.63) is 0 Å². The molecule has 8 nitrogen and oxygen atoms in total. The Bertz CT molecular complexity index is 513. The molecule has 1 saturated carbocycles. The van der Waals surface area contributed by atoms with E-state index in [4.69, 9.17) is 5.11 Å². The average molecular weight is 311 g/mol. The molecule has 1 spiro atoms. The lowest BCUT2D eigenvalue weighted by molar-refractivity contribution is -0.148. The molecule has 0 unspecified atom stereocenters. The molecule has 8 heteroatoms. The van der Waals surface area contributed by atoms with Crippen molar-refractivity contribution in [1.82, 2.24) is 15.1 Å². The minimum Gasteiger partial charge on any atom is -0.480 e. The molecule has 2 rings (SSSR count). The van der Waals surface area contributed by atoms with Gasteiger partial charge in [-0.3, -0.25) is 14.5 Å². The first kappa shape index (κ1) is 16.3. The molecule has 1 saturated heterocycles. The van der Waals surface area contributed by atoms with Gasteiger partial charge in [-0.05, 0) is 19.8 Å². The van der Waals surface area contributed by atoms with Crippen LogP contribution >= 0.6 is 0 Å². The van der Waals surface area contributed by atoms with E-state index in [2.05, 4.69) is 5.32 Å². The van der Waals surface area contributed by atoms with Crippen LogP contribution in [0.25, 0.3) is 0 Å². The van der Waals surface area contributed by atoms with Crippen molar-refractivity contribution in [2.45, 2.75) is 50.6 Å². The van der Waals surface area contributed by atoms with Crippen LogP contribution in [0.4, 0.5) is 4.79 Å². The number of rotatable bonds is 5. The Kier molecular flexibility index (Phi) is 4.39. The molecule has 0 aromatic rings. The standard InChI is InChI=1S/C14H21N3O5/c1-9(11(19)20)16(2)10(18)5-8-17-12(21)14(15-13(17)22)6-3-4-7-14/h9H,3-8H2,1-2H3,(H,15,22)(H,19,20)/t9-/m1/s1. The number of carbonyl (C=O) groups is 4. The molecule has 1 heterocycles. The summed E-state index contributed by atoms with van der Waals surface area (Å²) >= 11 is 0. The second-order valence-electron chi connectivity index (χ2n) is 5.95. The number of nitrogens with zero attached hydrogens (tertiary/aromatic N) is 2. The minimum absolute atomic E-state index is 0.0259. The first-order valence-electron chi connectivity index (χ1n) is 7.41. The van der Waals surface area contributed by atoms with Crippen LogP contribution in [0.15, 0.2) is 0 Å². The van der Waals surface area contributed by atoms with Crippen LogP contribution in [0, 0.1) is 0 Å². The molecule has 122 valence electrons. The van der Waals surface area contributed by atoms with Crippen LogP contribution in [0.3, 0.4) is 0 Å². The lowest BCUT2D eigenvalue weighted by Crippen LogP contribution is -2.44. The van der Waals surface area contributed by atoms with E-state index >= 15 is 0 Å². The summed E-state index contributed by atoms with van der Waals surface area (Å²) in [6.07, 6.45) is 2.99. The third kappa shape index (κ3) is 2.77. The lowest BCUT2D eigenvalue weighted by atomic mass is 9.98. The van der Waals surface area contributed by atoms with Crippen molar-refractivity contribution in [3.8, 4) is 0 Å². The highest BCUT2D eigenvalue weighted by atomic mass is 16.4. The van der Waals surface area contributed by atoms with Crippen LogP contribution < -0.4 is 5.32 Å². The normalized spacial score (nSPS) is 21.1. The third-order valence-corrected chi connectivity index (χ3v) is 4.58. The fraction of sp³-hybridized carbons (Fsp3) is 0.714. The molecule has 0 bridgehead atoms. The molecule has 1 aliphatic carbocycles. The molecule has 1 atom stereocenters. The molecule has 2 fully saturated rings. The molecular formula is C14H21N3O5. The van der Waals surface area contributed by atoms with Crippen molar-refractivity contribution in [2.75, 3.05) is 13.6 Å². The van der Waals surface area contributed by atoms with Gasteiger partial charge in [0.1, 0.15) is 11.6 Å². The molecular weight excluding hydrogens is 290 g/mol. The zero-order chi connectivity index (χ0) is 16.5. The smallest absolute Gasteiger partial charge is 0.326 e. The van der Waals surface area contributed by atoms with Crippen molar-refractivity contribution >= 4 is 23.8 Å². The van der Waals surface area contributed by atoms with Crippen LogP contribution in [0.1, 0.15) is 39.0 Å². The maximum atomic E-state index is 12.4. The van der Waals surface area contributed by atoms with Crippen molar-refractivity contribution in [3.63, 3.8) is 0 Å². The Labute approximate surface area is 128 Å². The first-order chi connectivity index (χ1) is 10.3. The second kappa shape index (κ2) is 5.94. The van der Waals surface area contributed by atoms with Crippen LogP contribution in [0.2, 0.25) is 0 Å². The second-order valence-corrected chi connectivity index (χ2v) is 5.95. The van der Waals surface area contributed by atoms with Gasteiger partial charge in [0.15, 0.2) is 0 Å². The van der Waals surface area contributed by atoms with Crippen LogP contribution in [-0.4, -0.2) is 63.9 Å². The lowest BCUT2D eigenvalue weighted by Gasteiger charge is -2.23. The maximum absolute atomic E-state index is 12.4. The summed E-state index contributed by atoms with van der Waals surface area (Å²) in [6, 6.07) is -1.41. The SMILES string of the molecule is C[C@H](C(=O)O)N(C)C(=O)CCN1C(=O)NC2(CCCC2)C1=O. The number of hydrogen-bond acceptors (Lipinski definition) is 4. The number of nitrogens with one attached hydrogen (secondary N) is 1. The molecule has 2 N–H and O–H groups in total. The van der Waals surface area contributed by atoms with E-state index < -0.39 is 29.5 Å². The number of likely N-dealkylation sites (N-methyl/N-ethyl adjacent to an activating group) is 1. The molecule has 4 amide bonds. The third-order valence-electron chi connectivity index (χ3n) is 4.58. The quantitative estimate of drug-likeness (QED) is 0.704. The minimum atomic E-state index is -1.10. The fourth-order valence-electron chi connectivity index (χ4n) is 2.96. The van der Waals surface area contributed by atoms with E-state index in [9.17, 15) is 19.2 Å². The number of imide groups is 1. The van der Waals surface area contributed by atoms with Crippen molar-refractivity contribution in [2.24, 2.45) is 0 Å². The van der Waals surface area contributed by atoms with E-state index in [1.807, 2.05) is 0 Å². The number of aliphatic carboxylic acids is 1. The van der Waals surface area contributed by atoms with Gasteiger partial charge in [-0.1, -0.05) is 12.8 Å². The Morgan fingerprint density at radius 1 is 1.36 bits per heavy atom. The predicted molar refractivity (Wildman–Crippen MR) is 75.9 cm³/mol. The van der Waals surface area contributed by atoms with E-state index in [-0.39, 0.29) is 18.9 Å². The summed E-state index contributed by atoms with van der Waals surface area (Å²) in [5.74, 6) is -1.78. The first-order valence-corrected chi connectivity index (χ1v) is 7.41. The zero-order valence-electron chi connectivity index (χ0n) is 12.8. The van der Waals surface area contributed by atoms with Gasteiger partial charge in [0.25, 0.3) is 5.91 Å². The van der Waals surface area contributed by atoms with Crippen LogP contribution in [-0.2, 0) is 14.4 Å². The molecule has 0 aromatic heterocycles. The largest absolute Gasteiger partial charge is 0.480 e. The number of carboxylic acids is 1. The highest BCUT2D eigenvalue weighted by Gasteiger charge is 2.52. The number of amides is 4. The predicted octanol–water partition coefficient (Wildman–Crippen LogP) is 0.173. The van der Waals surface area contributed by atoms with Gasteiger partial charge < -0.3 is 15.3 Å². The van der Waals surface area contributed by atoms with Gasteiger partial charge in [0.05, 0.1) is 0 Å². The summed E-state index contributed by atoms with van der Waals surface area (Å²) in [7, 11) is 1.39. The number of urea groups is 1. The molecule has 1 aliphatic heterocycles. The van der Waals surface area contributed by atoms with Gasteiger partial charge >= 0.3 is 12.0 Å². The summed E-state index contributed by atoms with van der Waals surface area (Å²) < 4.78 is 0. The molecule has 0 radical (unpaired) electrons. The van der Waals surface area contributed by atoms with E-state index in [1.165, 1.54) is 14.0 Å². The van der Waals surface area contributed by atoms with Crippen LogP contribution in [0.5, 0.6) is 0 Å². The van der Waals surface area contributed by atoms with E-state index in [0.29, 0.717) is 12.8 Å². The fourth-order valence-corrected chi connectivity index (χ4v) is 2.96. The monoisotopic (exact) mass is 311 g/mol. The summed E-state index contributed by atoms with van der Waals surface area (Å²) in [6.45, 7) is 1.38. The number of hydrogen-bond donors (Lipinski definition) is 2. The number of carboxylic acid groups (broad SMARTS) is 1. The Morgan fingerprint density at radius 2 is 1.95 bits per heavy atom.